The standard InChI is InChI=1S/C17H13N3O3S3/c1-24-10-4-2-9(3-5-10)19-14(23)8-25-17-11(7-18)15-16(26-17)12(21)6-13(22)20-15/h2-6H,8H2,1H3,(H,19,23)(H2,20,21,22). The number of thiophene rings is 1. The van der Waals surface area contributed by atoms with Gasteiger partial charge in [-0.3, -0.25) is 9.59 Å². The van der Waals surface area contributed by atoms with E-state index in [1.165, 1.54) is 23.1 Å². The average molecular weight is 404 g/mol. The number of thioether (sulfide) groups is 2. The minimum Gasteiger partial charge on any atom is -0.506 e. The Morgan fingerprint density at radius 3 is 2.77 bits per heavy atom. The number of pyridine rings is 1. The summed E-state index contributed by atoms with van der Waals surface area (Å²) in [6, 6.07) is 10.6. The van der Waals surface area contributed by atoms with E-state index in [9.17, 15) is 20.0 Å². The van der Waals surface area contributed by atoms with E-state index in [2.05, 4.69) is 10.3 Å². The van der Waals surface area contributed by atoms with Gasteiger partial charge in [0.15, 0.2) is 0 Å². The zero-order chi connectivity index (χ0) is 18.7. The second-order valence-electron chi connectivity index (χ2n) is 5.16. The number of carbonyl (C=O) groups is 1. The Balaban J connectivity index is 1.74. The monoisotopic (exact) mass is 403 g/mol. The van der Waals surface area contributed by atoms with Crippen LogP contribution in [0.25, 0.3) is 10.2 Å². The van der Waals surface area contributed by atoms with E-state index in [1.807, 2.05) is 36.6 Å². The topological polar surface area (TPSA) is 106 Å². The SMILES string of the molecule is CSc1ccc(NC(=O)CSc2sc3c(O)cc(=O)[nH]c3c2C#N)cc1. The summed E-state index contributed by atoms with van der Waals surface area (Å²) >= 11 is 3.99. The van der Waals surface area contributed by atoms with Crippen molar-refractivity contribution in [2.45, 2.75) is 9.10 Å². The molecule has 1 amide bonds. The molecule has 3 rings (SSSR count). The lowest BCUT2D eigenvalue weighted by Crippen LogP contribution is -2.13. The molecule has 0 bridgehead atoms. The minimum absolute atomic E-state index is 0.108. The van der Waals surface area contributed by atoms with Crippen molar-refractivity contribution in [2.75, 3.05) is 17.3 Å². The second kappa shape index (κ2) is 7.86. The summed E-state index contributed by atoms with van der Waals surface area (Å²) < 4.78 is 1.00. The molecule has 0 saturated heterocycles. The predicted octanol–water partition coefficient (Wildman–Crippen LogP) is 3.62. The fourth-order valence-corrected chi connectivity index (χ4v) is 4.82. The van der Waals surface area contributed by atoms with Gasteiger partial charge < -0.3 is 15.4 Å². The van der Waals surface area contributed by atoms with E-state index in [0.717, 1.165) is 11.0 Å². The van der Waals surface area contributed by atoms with Crippen LogP contribution in [0.15, 0.2) is 44.2 Å². The summed E-state index contributed by atoms with van der Waals surface area (Å²) in [7, 11) is 0. The number of nitrogens with one attached hydrogen (secondary N) is 2. The Labute approximate surface area is 161 Å². The van der Waals surface area contributed by atoms with Gasteiger partial charge in [0.05, 0.1) is 20.2 Å². The molecule has 2 aromatic heterocycles. The van der Waals surface area contributed by atoms with Crippen LogP contribution < -0.4 is 10.9 Å². The first-order valence-electron chi connectivity index (χ1n) is 7.37. The zero-order valence-electron chi connectivity index (χ0n) is 13.5. The van der Waals surface area contributed by atoms with E-state index < -0.39 is 5.56 Å². The molecule has 3 aromatic rings. The number of aromatic hydroxyl groups is 1. The van der Waals surface area contributed by atoms with Crippen LogP contribution in [0.5, 0.6) is 5.75 Å². The van der Waals surface area contributed by atoms with Gasteiger partial charge in [-0.15, -0.1) is 34.9 Å². The normalized spacial score (nSPS) is 10.6. The van der Waals surface area contributed by atoms with Crippen LogP contribution in [0.3, 0.4) is 0 Å². The molecular weight excluding hydrogens is 390 g/mol. The molecule has 132 valence electrons. The molecule has 6 nitrogen and oxygen atoms in total. The average Bonchev–Trinajstić information content (AvgIpc) is 2.98. The van der Waals surface area contributed by atoms with Gasteiger partial charge in [-0.1, -0.05) is 0 Å². The summed E-state index contributed by atoms with van der Waals surface area (Å²) in [6.45, 7) is 0. The van der Waals surface area contributed by atoms with Crippen LogP contribution in [0.1, 0.15) is 5.56 Å². The number of hydrogen-bond acceptors (Lipinski definition) is 7. The molecule has 0 radical (unpaired) electrons. The van der Waals surface area contributed by atoms with Crippen LogP contribution in [-0.2, 0) is 4.79 Å². The number of carbonyl (C=O) groups excluding carboxylic acids is 1. The lowest BCUT2D eigenvalue weighted by molar-refractivity contribution is -0.113. The Bertz CT molecular complexity index is 1070. The summed E-state index contributed by atoms with van der Waals surface area (Å²) in [5.74, 6) is -0.266. The number of amides is 1. The maximum atomic E-state index is 12.2. The first kappa shape index (κ1) is 18.4. The van der Waals surface area contributed by atoms with Crippen LogP contribution in [0.4, 0.5) is 5.69 Å². The molecule has 9 heteroatoms. The fraction of sp³-hybridized carbons (Fsp3) is 0.118. The first-order valence-corrected chi connectivity index (χ1v) is 10.4. The second-order valence-corrected chi connectivity index (χ2v) is 8.31. The molecule has 0 aliphatic heterocycles. The number of rotatable bonds is 5. The third-order valence-corrected chi connectivity index (χ3v) is 6.67. The van der Waals surface area contributed by atoms with Crippen molar-refractivity contribution >= 4 is 56.7 Å². The summed E-state index contributed by atoms with van der Waals surface area (Å²) in [5, 5.41) is 22.1. The number of hydrogen-bond donors (Lipinski definition) is 3. The van der Waals surface area contributed by atoms with Gasteiger partial charge in [0.2, 0.25) is 5.91 Å². The highest BCUT2D eigenvalue weighted by Crippen LogP contribution is 2.39. The predicted molar refractivity (Wildman–Crippen MR) is 106 cm³/mol. The van der Waals surface area contributed by atoms with E-state index in [4.69, 9.17) is 0 Å². The van der Waals surface area contributed by atoms with Crippen molar-refractivity contribution in [1.29, 1.82) is 5.26 Å². The van der Waals surface area contributed by atoms with Gasteiger partial charge in [-0.05, 0) is 30.5 Å². The summed E-state index contributed by atoms with van der Waals surface area (Å²) in [6.07, 6.45) is 1.98. The maximum absolute atomic E-state index is 12.2. The number of nitriles is 1. The van der Waals surface area contributed by atoms with Gasteiger partial charge in [0.1, 0.15) is 17.4 Å². The van der Waals surface area contributed by atoms with Crippen molar-refractivity contribution in [1.82, 2.24) is 4.98 Å². The Morgan fingerprint density at radius 2 is 2.12 bits per heavy atom. The number of aromatic amines is 1. The quantitative estimate of drug-likeness (QED) is 0.562. The largest absolute Gasteiger partial charge is 0.506 e. The highest BCUT2D eigenvalue weighted by molar-refractivity contribution is 8.02. The van der Waals surface area contributed by atoms with Gasteiger partial charge in [-0.2, -0.15) is 5.26 Å². The fourth-order valence-electron chi connectivity index (χ4n) is 2.26. The zero-order valence-corrected chi connectivity index (χ0v) is 16.0. The molecule has 2 heterocycles. The number of aromatic nitrogens is 1. The molecule has 0 aliphatic rings. The molecule has 26 heavy (non-hydrogen) atoms. The third kappa shape index (κ3) is 3.88. The lowest BCUT2D eigenvalue weighted by atomic mass is 10.3. The number of nitrogens with zero attached hydrogens (tertiary/aromatic N) is 1. The number of H-pyrrole nitrogens is 1. The Hall–Kier alpha value is -2.41. The van der Waals surface area contributed by atoms with Crippen molar-refractivity contribution in [3.63, 3.8) is 0 Å². The number of anilines is 1. The van der Waals surface area contributed by atoms with Gasteiger partial charge in [0, 0.05) is 16.6 Å². The van der Waals surface area contributed by atoms with E-state index in [0.29, 0.717) is 20.1 Å². The molecule has 3 N–H and O–H groups in total. The molecule has 0 aliphatic carbocycles. The highest BCUT2D eigenvalue weighted by atomic mass is 32.2. The van der Waals surface area contributed by atoms with Gasteiger partial charge in [0.25, 0.3) is 5.56 Å². The highest BCUT2D eigenvalue weighted by Gasteiger charge is 2.17. The van der Waals surface area contributed by atoms with Gasteiger partial charge >= 0.3 is 0 Å². The van der Waals surface area contributed by atoms with Crippen LogP contribution in [0.2, 0.25) is 0 Å². The Kier molecular flexibility index (Phi) is 5.56. The van der Waals surface area contributed by atoms with E-state index >= 15 is 0 Å². The molecule has 0 saturated carbocycles. The van der Waals surface area contributed by atoms with Crippen molar-refractivity contribution in [2.24, 2.45) is 0 Å². The molecule has 0 spiro atoms. The van der Waals surface area contributed by atoms with Crippen molar-refractivity contribution in [3.8, 4) is 11.8 Å². The third-order valence-electron chi connectivity index (χ3n) is 3.44. The maximum Gasteiger partial charge on any atom is 0.252 e. The molecule has 0 unspecified atom stereocenters. The Morgan fingerprint density at radius 1 is 1.38 bits per heavy atom. The smallest absolute Gasteiger partial charge is 0.252 e. The summed E-state index contributed by atoms with van der Waals surface area (Å²) in [4.78, 5) is 27.3. The number of fused-ring (bicyclic) bond motifs is 1. The summed E-state index contributed by atoms with van der Waals surface area (Å²) in [5.41, 5.74) is 0.790. The van der Waals surface area contributed by atoms with Crippen LogP contribution in [-0.4, -0.2) is 28.0 Å². The molecule has 0 fully saturated rings. The van der Waals surface area contributed by atoms with Crippen LogP contribution >= 0.6 is 34.9 Å². The van der Waals surface area contributed by atoms with Crippen molar-refractivity contribution < 1.29 is 9.90 Å². The van der Waals surface area contributed by atoms with Crippen molar-refractivity contribution in [3.05, 3.63) is 46.2 Å². The first-order chi connectivity index (χ1) is 12.5. The number of benzene rings is 1. The van der Waals surface area contributed by atoms with E-state index in [1.54, 1.807) is 11.8 Å². The minimum atomic E-state index is -0.479. The molecular formula is C17H13N3O3S3. The molecule has 1 aromatic carbocycles. The molecule has 0 atom stereocenters. The lowest BCUT2D eigenvalue weighted by Gasteiger charge is -2.05. The van der Waals surface area contributed by atoms with Crippen LogP contribution in [0, 0.1) is 11.3 Å². The van der Waals surface area contributed by atoms with Gasteiger partial charge in [-0.25, -0.2) is 0 Å². The van der Waals surface area contributed by atoms with E-state index in [-0.39, 0.29) is 23.0 Å².